The van der Waals surface area contributed by atoms with Crippen LogP contribution < -0.4 is 9.64 Å². The summed E-state index contributed by atoms with van der Waals surface area (Å²) < 4.78 is 45.3. The van der Waals surface area contributed by atoms with E-state index >= 15 is 0 Å². The number of nitrogens with zero attached hydrogens (tertiary/aromatic N) is 4. The van der Waals surface area contributed by atoms with Crippen LogP contribution in [0.4, 0.5) is 10.2 Å². The Hall–Kier alpha value is -2.26. The Morgan fingerprint density at radius 3 is 2.64 bits per heavy atom. The molecule has 1 aliphatic rings. The van der Waals surface area contributed by atoms with E-state index in [9.17, 15) is 12.8 Å². The summed E-state index contributed by atoms with van der Waals surface area (Å²) in [6.07, 6.45) is 3.37. The second kappa shape index (κ2) is 6.93. The maximum atomic E-state index is 13.0. The summed E-state index contributed by atoms with van der Waals surface area (Å²) in [7, 11) is 0.0353. The highest BCUT2D eigenvalue weighted by Gasteiger charge is 2.33. The van der Waals surface area contributed by atoms with Gasteiger partial charge in [-0.2, -0.15) is 9.29 Å². The fourth-order valence-corrected chi connectivity index (χ4v) is 4.04. The number of hydrogen-bond donors (Lipinski definition) is 0. The maximum absolute atomic E-state index is 13.0. The summed E-state index contributed by atoms with van der Waals surface area (Å²) >= 11 is 0. The average molecular weight is 366 g/mol. The number of hydrogen-bond acceptors (Lipinski definition) is 6. The van der Waals surface area contributed by atoms with Crippen LogP contribution in [0.15, 0.2) is 41.6 Å². The SMILES string of the molecule is CN(C)c1cncc(O[C@@H]2CCN(S(=O)(=O)c3ccc(F)cc3)C2)n1. The molecule has 0 saturated carbocycles. The van der Waals surface area contributed by atoms with Crippen LogP contribution in [-0.2, 0) is 10.0 Å². The fourth-order valence-electron chi connectivity index (χ4n) is 2.55. The zero-order chi connectivity index (χ0) is 18.0. The molecule has 0 N–H and O–H groups in total. The number of aromatic nitrogens is 2. The van der Waals surface area contributed by atoms with Crippen molar-refractivity contribution in [1.29, 1.82) is 0 Å². The van der Waals surface area contributed by atoms with E-state index in [1.807, 2.05) is 14.1 Å². The Kier molecular flexibility index (Phi) is 4.87. The lowest BCUT2D eigenvalue weighted by molar-refractivity contribution is 0.206. The first-order valence-electron chi connectivity index (χ1n) is 7.78. The second-order valence-corrected chi connectivity index (χ2v) is 7.89. The molecule has 1 atom stereocenters. The van der Waals surface area contributed by atoms with E-state index in [-0.39, 0.29) is 17.5 Å². The van der Waals surface area contributed by atoms with E-state index in [0.29, 0.717) is 24.7 Å². The molecule has 0 bridgehead atoms. The van der Waals surface area contributed by atoms with Crippen molar-refractivity contribution in [1.82, 2.24) is 14.3 Å². The quantitative estimate of drug-likeness (QED) is 0.799. The van der Waals surface area contributed by atoms with Gasteiger partial charge in [0, 0.05) is 20.6 Å². The molecule has 1 aliphatic heterocycles. The van der Waals surface area contributed by atoms with Gasteiger partial charge in [0.1, 0.15) is 11.9 Å². The second-order valence-electron chi connectivity index (χ2n) is 5.96. The van der Waals surface area contributed by atoms with Crippen molar-refractivity contribution >= 4 is 15.8 Å². The zero-order valence-electron chi connectivity index (χ0n) is 14.0. The van der Waals surface area contributed by atoms with Crippen molar-refractivity contribution in [3.8, 4) is 5.88 Å². The molecule has 0 aliphatic carbocycles. The monoisotopic (exact) mass is 366 g/mol. The third kappa shape index (κ3) is 3.88. The van der Waals surface area contributed by atoms with Gasteiger partial charge in [-0.3, -0.25) is 4.98 Å². The summed E-state index contributed by atoms with van der Waals surface area (Å²) in [4.78, 5) is 10.3. The van der Waals surface area contributed by atoms with Crippen LogP contribution in [0.3, 0.4) is 0 Å². The van der Waals surface area contributed by atoms with Crippen molar-refractivity contribution in [2.24, 2.45) is 0 Å². The minimum absolute atomic E-state index is 0.0731. The van der Waals surface area contributed by atoms with Crippen LogP contribution in [0, 0.1) is 5.82 Å². The molecular weight excluding hydrogens is 347 g/mol. The number of ether oxygens (including phenoxy) is 1. The standard InChI is InChI=1S/C16H19FN4O3S/c1-20(2)15-9-18-10-16(19-15)24-13-7-8-21(11-13)25(22,23)14-5-3-12(17)4-6-14/h3-6,9-10,13H,7-8,11H2,1-2H3/t13-/m1/s1. The molecule has 7 nitrogen and oxygen atoms in total. The number of benzene rings is 1. The topological polar surface area (TPSA) is 75.6 Å². The first kappa shape index (κ1) is 17.6. The van der Waals surface area contributed by atoms with Crippen LogP contribution >= 0.6 is 0 Å². The largest absolute Gasteiger partial charge is 0.472 e. The highest BCUT2D eigenvalue weighted by Crippen LogP contribution is 2.24. The summed E-state index contributed by atoms with van der Waals surface area (Å²) in [5.41, 5.74) is 0. The van der Waals surface area contributed by atoms with Crippen LogP contribution in [0.25, 0.3) is 0 Å². The zero-order valence-corrected chi connectivity index (χ0v) is 14.8. The molecule has 0 spiro atoms. The van der Waals surface area contributed by atoms with E-state index < -0.39 is 15.8 Å². The van der Waals surface area contributed by atoms with Gasteiger partial charge in [-0.05, 0) is 30.7 Å². The van der Waals surface area contributed by atoms with Gasteiger partial charge in [0.2, 0.25) is 15.9 Å². The van der Waals surface area contributed by atoms with Crippen LogP contribution in [0.5, 0.6) is 5.88 Å². The van der Waals surface area contributed by atoms with Gasteiger partial charge in [0.15, 0.2) is 5.82 Å². The molecule has 0 radical (unpaired) electrons. The number of rotatable bonds is 5. The molecule has 9 heteroatoms. The van der Waals surface area contributed by atoms with Crippen molar-refractivity contribution < 1.29 is 17.5 Å². The maximum Gasteiger partial charge on any atom is 0.243 e. The molecule has 134 valence electrons. The summed E-state index contributed by atoms with van der Waals surface area (Å²) in [6, 6.07) is 4.81. The molecule has 2 heterocycles. The van der Waals surface area contributed by atoms with E-state index in [0.717, 1.165) is 12.1 Å². The molecule has 1 saturated heterocycles. The van der Waals surface area contributed by atoms with Gasteiger partial charge in [-0.15, -0.1) is 0 Å². The average Bonchev–Trinajstić information content (AvgIpc) is 3.05. The Bertz CT molecular complexity index is 843. The Labute approximate surface area is 146 Å². The molecular formula is C16H19FN4O3S. The number of halogens is 1. The summed E-state index contributed by atoms with van der Waals surface area (Å²) in [6.45, 7) is 0.554. The Morgan fingerprint density at radius 1 is 1.24 bits per heavy atom. The normalized spacial score (nSPS) is 18.3. The van der Waals surface area contributed by atoms with Crippen LogP contribution in [0.1, 0.15) is 6.42 Å². The predicted octanol–water partition coefficient (Wildman–Crippen LogP) is 1.52. The molecule has 0 amide bonds. The Morgan fingerprint density at radius 2 is 1.96 bits per heavy atom. The summed E-state index contributed by atoms with van der Waals surface area (Å²) in [5, 5.41) is 0. The smallest absolute Gasteiger partial charge is 0.243 e. The fraction of sp³-hybridized carbons (Fsp3) is 0.375. The third-order valence-electron chi connectivity index (χ3n) is 3.90. The van der Waals surface area contributed by atoms with E-state index in [4.69, 9.17) is 4.74 Å². The lowest BCUT2D eigenvalue weighted by Crippen LogP contribution is -2.31. The Balaban J connectivity index is 1.69. The molecule has 1 aromatic heterocycles. The van der Waals surface area contributed by atoms with Crippen molar-refractivity contribution in [3.05, 3.63) is 42.5 Å². The molecule has 1 fully saturated rings. The molecule has 25 heavy (non-hydrogen) atoms. The lowest BCUT2D eigenvalue weighted by atomic mass is 10.3. The molecule has 3 rings (SSSR count). The first-order chi connectivity index (χ1) is 11.9. The predicted molar refractivity (Wildman–Crippen MR) is 90.6 cm³/mol. The van der Waals surface area contributed by atoms with E-state index in [2.05, 4.69) is 9.97 Å². The minimum Gasteiger partial charge on any atom is -0.472 e. The molecule has 2 aromatic rings. The minimum atomic E-state index is -3.66. The third-order valence-corrected chi connectivity index (χ3v) is 5.78. The first-order valence-corrected chi connectivity index (χ1v) is 9.22. The van der Waals surface area contributed by atoms with E-state index in [1.54, 1.807) is 11.1 Å². The molecule has 0 unspecified atom stereocenters. The van der Waals surface area contributed by atoms with Crippen molar-refractivity contribution in [2.45, 2.75) is 17.4 Å². The van der Waals surface area contributed by atoms with Gasteiger partial charge in [-0.1, -0.05) is 0 Å². The molecule has 1 aromatic carbocycles. The van der Waals surface area contributed by atoms with Crippen LogP contribution in [-0.4, -0.2) is 56.0 Å². The van der Waals surface area contributed by atoms with Crippen molar-refractivity contribution in [3.63, 3.8) is 0 Å². The van der Waals surface area contributed by atoms with Gasteiger partial charge in [0.25, 0.3) is 0 Å². The van der Waals surface area contributed by atoms with Gasteiger partial charge < -0.3 is 9.64 Å². The highest BCUT2D eigenvalue weighted by molar-refractivity contribution is 7.89. The van der Waals surface area contributed by atoms with E-state index in [1.165, 1.54) is 22.6 Å². The van der Waals surface area contributed by atoms with Crippen molar-refractivity contribution in [2.75, 3.05) is 32.1 Å². The van der Waals surface area contributed by atoms with Crippen LogP contribution in [0.2, 0.25) is 0 Å². The van der Waals surface area contributed by atoms with Gasteiger partial charge >= 0.3 is 0 Å². The number of anilines is 1. The lowest BCUT2D eigenvalue weighted by Gasteiger charge is -2.17. The van der Waals surface area contributed by atoms with Gasteiger partial charge in [-0.25, -0.2) is 12.8 Å². The van der Waals surface area contributed by atoms with Gasteiger partial charge in [0.05, 0.1) is 23.8 Å². The summed E-state index contributed by atoms with van der Waals surface area (Å²) in [5.74, 6) is 0.546. The highest BCUT2D eigenvalue weighted by atomic mass is 32.2. The number of sulfonamides is 1.